The van der Waals surface area contributed by atoms with Gasteiger partial charge in [-0.2, -0.15) is 0 Å². The van der Waals surface area contributed by atoms with E-state index in [1.54, 1.807) is 0 Å². The van der Waals surface area contributed by atoms with Gasteiger partial charge in [0.25, 0.3) is 0 Å². The van der Waals surface area contributed by atoms with Crippen molar-refractivity contribution in [1.29, 1.82) is 0 Å². The highest BCUT2D eigenvalue weighted by Gasteiger charge is 2.09. The van der Waals surface area contributed by atoms with E-state index in [0.29, 0.717) is 0 Å². The number of para-hydroxylation sites is 3. The highest BCUT2D eigenvalue weighted by molar-refractivity contribution is 5.82. The molecule has 110 valence electrons. The van der Waals surface area contributed by atoms with Gasteiger partial charge in [-0.05, 0) is 35.9 Å². The first-order chi connectivity index (χ1) is 11.4. The third-order valence-corrected chi connectivity index (χ3v) is 3.83. The second-order valence-corrected chi connectivity index (χ2v) is 5.37. The average Bonchev–Trinajstić information content (AvgIpc) is 3.00. The fourth-order valence-corrected chi connectivity index (χ4v) is 2.74. The molecule has 4 rings (SSSR count). The van der Waals surface area contributed by atoms with Crippen LogP contribution in [0.5, 0.6) is 0 Å². The standard InChI is InChI=1S/C21H16N2/c1-3-9-17(10-4-1)15-16-21-22-19-13-7-8-14-20(19)23(21)18-11-5-2-6-12-18/h1-16H/b16-15+. The maximum Gasteiger partial charge on any atom is 0.138 e. The molecule has 0 radical (unpaired) electrons. The summed E-state index contributed by atoms with van der Waals surface area (Å²) in [5.74, 6) is 0.932. The van der Waals surface area contributed by atoms with Crippen LogP contribution in [0.2, 0.25) is 0 Å². The van der Waals surface area contributed by atoms with Gasteiger partial charge in [0, 0.05) is 5.69 Å². The zero-order valence-electron chi connectivity index (χ0n) is 12.6. The lowest BCUT2D eigenvalue weighted by Crippen LogP contribution is -1.96. The van der Waals surface area contributed by atoms with Gasteiger partial charge >= 0.3 is 0 Å². The molecular weight excluding hydrogens is 280 g/mol. The van der Waals surface area contributed by atoms with E-state index in [-0.39, 0.29) is 0 Å². The third-order valence-electron chi connectivity index (χ3n) is 3.83. The molecule has 0 aliphatic heterocycles. The van der Waals surface area contributed by atoms with E-state index < -0.39 is 0 Å². The Kier molecular flexibility index (Phi) is 3.49. The average molecular weight is 296 g/mol. The molecule has 0 N–H and O–H groups in total. The number of fused-ring (bicyclic) bond motifs is 1. The molecule has 2 heteroatoms. The van der Waals surface area contributed by atoms with E-state index in [0.717, 1.165) is 22.5 Å². The van der Waals surface area contributed by atoms with E-state index >= 15 is 0 Å². The maximum absolute atomic E-state index is 4.78. The van der Waals surface area contributed by atoms with Crippen LogP contribution in [-0.2, 0) is 0 Å². The SMILES string of the molecule is C(=C\c1nc2ccccc2n1-c1ccccc1)/c1ccccc1. The predicted molar refractivity (Wildman–Crippen MR) is 96.4 cm³/mol. The van der Waals surface area contributed by atoms with Crippen molar-refractivity contribution in [3.63, 3.8) is 0 Å². The number of hydrogen-bond donors (Lipinski definition) is 0. The molecule has 0 fully saturated rings. The predicted octanol–water partition coefficient (Wildman–Crippen LogP) is 5.20. The quantitative estimate of drug-likeness (QED) is 0.508. The minimum absolute atomic E-state index is 0.932. The summed E-state index contributed by atoms with van der Waals surface area (Å²) in [6.07, 6.45) is 4.17. The largest absolute Gasteiger partial charge is 0.293 e. The van der Waals surface area contributed by atoms with Crippen molar-refractivity contribution < 1.29 is 0 Å². The summed E-state index contributed by atoms with van der Waals surface area (Å²) in [5, 5.41) is 0. The minimum atomic E-state index is 0.932. The van der Waals surface area contributed by atoms with Crippen molar-refractivity contribution in [2.75, 3.05) is 0 Å². The molecule has 0 saturated carbocycles. The molecule has 0 saturated heterocycles. The van der Waals surface area contributed by atoms with E-state index in [1.807, 2.05) is 36.4 Å². The van der Waals surface area contributed by atoms with Crippen LogP contribution in [0.1, 0.15) is 11.4 Å². The molecule has 3 aromatic carbocycles. The van der Waals surface area contributed by atoms with Crippen LogP contribution in [0.4, 0.5) is 0 Å². The van der Waals surface area contributed by atoms with Gasteiger partial charge in [-0.1, -0.05) is 66.7 Å². The van der Waals surface area contributed by atoms with Crippen molar-refractivity contribution >= 4 is 23.2 Å². The summed E-state index contributed by atoms with van der Waals surface area (Å²) < 4.78 is 2.19. The summed E-state index contributed by atoms with van der Waals surface area (Å²) in [6, 6.07) is 28.9. The van der Waals surface area contributed by atoms with Crippen LogP contribution in [-0.4, -0.2) is 9.55 Å². The van der Waals surface area contributed by atoms with Crippen molar-refractivity contribution in [2.45, 2.75) is 0 Å². The lowest BCUT2D eigenvalue weighted by atomic mass is 10.2. The monoisotopic (exact) mass is 296 g/mol. The minimum Gasteiger partial charge on any atom is -0.293 e. The van der Waals surface area contributed by atoms with Gasteiger partial charge < -0.3 is 0 Å². The normalized spacial score (nSPS) is 11.3. The Balaban J connectivity index is 1.88. The summed E-state index contributed by atoms with van der Waals surface area (Å²) in [4.78, 5) is 4.78. The Hall–Kier alpha value is -3.13. The fourth-order valence-electron chi connectivity index (χ4n) is 2.74. The molecule has 23 heavy (non-hydrogen) atoms. The Morgan fingerprint density at radius 1 is 0.652 bits per heavy atom. The summed E-state index contributed by atoms with van der Waals surface area (Å²) in [6.45, 7) is 0. The Morgan fingerprint density at radius 2 is 1.30 bits per heavy atom. The fraction of sp³-hybridized carbons (Fsp3) is 0. The van der Waals surface area contributed by atoms with Gasteiger partial charge in [0.15, 0.2) is 0 Å². The molecule has 0 amide bonds. The van der Waals surface area contributed by atoms with Crippen molar-refractivity contribution in [2.24, 2.45) is 0 Å². The molecule has 1 heterocycles. The highest BCUT2D eigenvalue weighted by Crippen LogP contribution is 2.22. The number of imidazole rings is 1. The van der Waals surface area contributed by atoms with E-state index in [4.69, 9.17) is 4.98 Å². The number of nitrogens with zero attached hydrogens (tertiary/aromatic N) is 2. The zero-order valence-corrected chi connectivity index (χ0v) is 12.6. The van der Waals surface area contributed by atoms with Gasteiger partial charge in [-0.25, -0.2) is 4.98 Å². The number of aromatic nitrogens is 2. The highest BCUT2D eigenvalue weighted by atomic mass is 15.1. The van der Waals surface area contributed by atoms with E-state index in [2.05, 4.69) is 65.3 Å². The summed E-state index contributed by atoms with van der Waals surface area (Å²) in [5.41, 5.74) is 4.41. The van der Waals surface area contributed by atoms with E-state index in [9.17, 15) is 0 Å². The molecule has 4 aromatic rings. The van der Waals surface area contributed by atoms with Gasteiger partial charge in [-0.15, -0.1) is 0 Å². The van der Waals surface area contributed by atoms with Crippen LogP contribution >= 0.6 is 0 Å². The van der Waals surface area contributed by atoms with Gasteiger partial charge in [-0.3, -0.25) is 4.57 Å². The van der Waals surface area contributed by atoms with Crippen molar-refractivity contribution in [1.82, 2.24) is 9.55 Å². The molecule has 0 bridgehead atoms. The maximum atomic E-state index is 4.78. The molecular formula is C21H16N2. The number of rotatable bonds is 3. The van der Waals surface area contributed by atoms with Crippen LogP contribution in [0.3, 0.4) is 0 Å². The Labute approximate surface area is 135 Å². The van der Waals surface area contributed by atoms with Crippen LogP contribution in [0, 0.1) is 0 Å². The molecule has 0 unspecified atom stereocenters. The summed E-state index contributed by atoms with van der Waals surface area (Å²) in [7, 11) is 0. The van der Waals surface area contributed by atoms with Gasteiger partial charge in [0.1, 0.15) is 5.82 Å². The number of hydrogen-bond acceptors (Lipinski definition) is 1. The zero-order chi connectivity index (χ0) is 15.5. The molecule has 0 atom stereocenters. The summed E-state index contributed by atoms with van der Waals surface area (Å²) >= 11 is 0. The molecule has 0 aliphatic rings. The number of benzene rings is 3. The van der Waals surface area contributed by atoms with Crippen LogP contribution in [0.15, 0.2) is 84.9 Å². The third kappa shape index (κ3) is 2.67. The first-order valence-corrected chi connectivity index (χ1v) is 7.68. The van der Waals surface area contributed by atoms with Gasteiger partial charge in [0.2, 0.25) is 0 Å². The second kappa shape index (κ2) is 5.93. The Bertz CT molecular complexity index is 951. The smallest absolute Gasteiger partial charge is 0.138 e. The molecule has 0 aliphatic carbocycles. The van der Waals surface area contributed by atoms with Crippen LogP contribution in [0.25, 0.3) is 28.9 Å². The Morgan fingerprint density at radius 3 is 2.09 bits per heavy atom. The lowest BCUT2D eigenvalue weighted by Gasteiger charge is -2.06. The van der Waals surface area contributed by atoms with Crippen LogP contribution < -0.4 is 0 Å². The van der Waals surface area contributed by atoms with Gasteiger partial charge in [0.05, 0.1) is 11.0 Å². The molecule has 0 spiro atoms. The van der Waals surface area contributed by atoms with E-state index in [1.165, 1.54) is 5.56 Å². The second-order valence-electron chi connectivity index (χ2n) is 5.37. The topological polar surface area (TPSA) is 17.8 Å². The molecule has 1 aromatic heterocycles. The lowest BCUT2D eigenvalue weighted by molar-refractivity contribution is 1.07. The molecule has 2 nitrogen and oxygen atoms in total. The first kappa shape index (κ1) is 13.5. The van der Waals surface area contributed by atoms with Crippen molar-refractivity contribution in [3.05, 3.63) is 96.3 Å². The first-order valence-electron chi connectivity index (χ1n) is 7.68. The van der Waals surface area contributed by atoms with Crippen molar-refractivity contribution in [3.8, 4) is 5.69 Å².